The van der Waals surface area contributed by atoms with Crippen LogP contribution in [-0.2, 0) is 6.54 Å². The van der Waals surface area contributed by atoms with Crippen LogP contribution >= 0.6 is 12.4 Å². The van der Waals surface area contributed by atoms with E-state index < -0.39 is 5.97 Å². The molecule has 0 radical (unpaired) electrons. The molecule has 3 nitrogen and oxygen atoms in total. The van der Waals surface area contributed by atoms with Gasteiger partial charge in [-0.25, -0.2) is 4.79 Å². The van der Waals surface area contributed by atoms with E-state index >= 15 is 0 Å². The molecule has 1 aliphatic heterocycles. The number of carbonyl (C=O) groups is 1. The molecule has 1 aliphatic rings. The van der Waals surface area contributed by atoms with Gasteiger partial charge in [0.2, 0.25) is 0 Å². The molecule has 0 saturated carbocycles. The number of benzene rings is 1. The summed E-state index contributed by atoms with van der Waals surface area (Å²) in [5.41, 5.74) is 1.45. The molecule has 17 heavy (non-hydrogen) atoms. The van der Waals surface area contributed by atoms with Crippen molar-refractivity contribution in [1.82, 2.24) is 4.90 Å². The van der Waals surface area contributed by atoms with Crippen molar-refractivity contribution < 1.29 is 9.90 Å². The van der Waals surface area contributed by atoms with E-state index in [-0.39, 0.29) is 12.4 Å². The van der Waals surface area contributed by atoms with Crippen LogP contribution in [0.5, 0.6) is 0 Å². The summed E-state index contributed by atoms with van der Waals surface area (Å²) in [5, 5.41) is 8.77. The summed E-state index contributed by atoms with van der Waals surface area (Å²) in [6.45, 7) is 1.71. The Labute approximate surface area is 106 Å². The van der Waals surface area contributed by atoms with E-state index in [0.717, 1.165) is 18.7 Å². The lowest BCUT2D eigenvalue weighted by atomic mass is 10.1. The molecule has 2 rings (SSSR count). The minimum atomic E-state index is -0.882. The monoisotopic (exact) mass is 251 g/mol. The first-order valence-electron chi connectivity index (χ1n) is 5.15. The topological polar surface area (TPSA) is 40.5 Å². The second-order valence-electron chi connectivity index (χ2n) is 3.70. The average Bonchev–Trinajstić information content (AvgIpc) is 2.31. The van der Waals surface area contributed by atoms with Gasteiger partial charge in [-0.2, -0.15) is 0 Å². The Morgan fingerprint density at radius 3 is 2.47 bits per heavy atom. The van der Waals surface area contributed by atoms with Gasteiger partial charge in [-0.05, 0) is 30.0 Å². The highest BCUT2D eigenvalue weighted by molar-refractivity contribution is 5.87. The van der Waals surface area contributed by atoms with Gasteiger partial charge in [0, 0.05) is 13.1 Å². The zero-order valence-corrected chi connectivity index (χ0v) is 10.1. The van der Waals surface area contributed by atoms with E-state index in [1.807, 2.05) is 30.5 Å². The zero-order chi connectivity index (χ0) is 11.4. The van der Waals surface area contributed by atoms with Crippen molar-refractivity contribution in [2.24, 2.45) is 0 Å². The Morgan fingerprint density at radius 1 is 1.24 bits per heavy atom. The minimum absolute atomic E-state index is 0. The molecule has 0 fully saturated rings. The summed E-state index contributed by atoms with van der Waals surface area (Å²) in [6.07, 6.45) is 8.13. The van der Waals surface area contributed by atoms with Gasteiger partial charge in [0.15, 0.2) is 0 Å². The molecule has 0 bridgehead atoms. The first kappa shape index (κ1) is 13.3. The summed E-state index contributed by atoms with van der Waals surface area (Å²) in [7, 11) is 0. The molecule has 1 aromatic carbocycles. The van der Waals surface area contributed by atoms with Gasteiger partial charge < -0.3 is 10.0 Å². The van der Waals surface area contributed by atoms with Crippen LogP contribution in [0, 0.1) is 0 Å². The van der Waals surface area contributed by atoms with Crippen LogP contribution in [0.2, 0.25) is 0 Å². The van der Waals surface area contributed by atoms with Gasteiger partial charge >= 0.3 is 5.97 Å². The third kappa shape index (κ3) is 3.64. The third-order valence-electron chi connectivity index (χ3n) is 2.47. The lowest BCUT2D eigenvalue weighted by Gasteiger charge is -2.20. The van der Waals surface area contributed by atoms with Crippen molar-refractivity contribution in [3.8, 4) is 0 Å². The smallest absolute Gasteiger partial charge is 0.335 e. The first-order valence-corrected chi connectivity index (χ1v) is 5.15. The second kappa shape index (κ2) is 6.11. The highest BCUT2D eigenvalue weighted by Crippen LogP contribution is 2.09. The van der Waals surface area contributed by atoms with Crippen LogP contribution in [0.1, 0.15) is 15.9 Å². The predicted octanol–water partition coefficient (Wildman–Crippen LogP) is 2.69. The van der Waals surface area contributed by atoms with Gasteiger partial charge in [-0.3, -0.25) is 0 Å². The Hall–Kier alpha value is -1.74. The lowest BCUT2D eigenvalue weighted by molar-refractivity contribution is 0.0697. The van der Waals surface area contributed by atoms with Gasteiger partial charge in [-0.1, -0.05) is 24.3 Å². The largest absolute Gasteiger partial charge is 0.478 e. The minimum Gasteiger partial charge on any atom is -0.478 e. The molecular formula is C13H14ClNO2. The lowest BCUT2D eigenvalue weighted by Crippen LogP contribution is -2.18. The molecule has 90 valence electrons. The van der Waals surface area contributed by atoms with Crippen LogP contribution in [0.25, 0.3) is 0 Å². The quantitative estimate of drug-likeness (QED) is 0.898. The maximum absolute atomic E-state index is 10.7. The maximum Gasteiger partial charge on any atom is 0.335 e. The van der Waals surface area contributed by atoms with Crippen molar-refractivity contribution in [3.63, 3.8) is 0 Å². The molecule has 0 atom stereocenters. The Morgan fingerprint density at radius 2 is 1.94 bits per heavy atom. The number of rotatable bonds is 3. The maximum atomic E-state index is 10.7. The van der Waals surface area contributed by atoms with Crippen LogP contribution in [0.15, 0.2) is 48.7 Å². The highest BCUT2D eigenvalue weighted by atomic mass is 35.5. The number of carboxylic acids is 1. The summed E-state index contributed by atoms with van der Waals surface area (Å²) in [5.74, 6) is -0.882. The fraction of sp³-hybridized carbons (Fsp3) is 0.154. The van der Waals surface area contributed by atoms with Crippen molar-refractivity contribution in [2.45, 2.75) is 6.54 Å². The molecule has 0 amide bonds. The van der Waals surface area contributed by atoms with Crippen molar-refractivity contribution in [2.75, 3.05) is 6.54 Å². The molecule has 4 heteroatoms. The molecule has 1 N–H and O–H groups in total. The van der Waals surface area contributed by atoms with E-state index in [1.54, 1.807) is 12.1 Å². The highest BCUT2D eigenvalue weighted by Gasteiger charge is 2.04. The second-order valence-corrected chi connectivity index (χ2v) is 3.70. The number of hydrogen-bond acceptors (Lipinski definition) is 2. The zero-order valence-electron chi connectivity index (χ0n) is 9.24. The number of carboxylic acid groups (broad SMARTS) is 1. The number of nitrogens with zero attached hydrogens (tertiary/aromatic N) is 1. The number of aromatic carboxylic acids is 1. The van der Waals surface area contributed by atoms with E-state index in [2.05, 4.69) is 11.0 Å². The molecular weight excluding hydrogens is 238 g/mol. The standard InChI is InChI=1S/C13H13NO2.ClH/c15-13(16)12-6-4-11(5-7-12)10-14-8-2-1-3-9-14;/h1-8H,9-10H2,(H,15,16);1H. The van der Waals surface area contributed by atoms with Crippen LogP contribution < -0.4 is 0 Å². The van der Waals surface area contributed by atoms with Crippen molar-refractivity contribution >= 4 is 18.4 Å². The van der Waals surface area contributed by atoms with Crippen LogP contribution in [0.4, 0.5) is 0 Å². The average molecular weight is 252 g/mol. The molecule has 0 spiro atoms. The SMILES string of the molecule is Cl.O=C(O)c1ccc(CN2C=CC=CC2)cc1. The fourth-order valence-corrected chi connectivity index (χ4v) is 1.61. The van der Waals surface area contributed by atoms with Crippen LogP contribution in [0.3, 0.4) is 0 Å². The molecule has 0 aliphatic carbocycles. The van der Waals surface area contributed by atoms with E-state index in [9.17, 15) is 4.79 Å². The Balaban J connectivity index is 0.00000144. The molecule has 1 heterocycles. The summed E-state index contributed by atoms with van der Waals surface area (Å²) in [4.78, 5) is 12.8. The fourth-order valence-electron chi connectivity index (χ4n) is 1.61. The molecule has 0 aromatic heterocycles. The normalized spacial score (nSPS) is 13.3. The molecule has 0 unspecified atom stereocenters. The summed E-state index contributed by atoms with van der Waals surface area (Å²) < 4.78 is 0. The summed E-state index contributed by atoms with van der Waals surface area (Å²) in [6, 6.07) is 6.99. The van der Waals surface area contributed by atoms with E-state index in [4.69, 9.17) is 5.11 Å². The Kier molecular flexibility index (Phi) is 4.79. The van der Waals surface area contributed by atoms with Crippen molar-refractivity contribution in [3.05, 3.63) is 59.8 Å². The van der Waals surface area contributed by atoms with Gasteiger partial charge in [0.1, 0.15) is 0 Å². The predicted molar refractivity (Wildman–Crippen MR) is 69.3 cm³/mol. The van der Waals surface area contributed by atoms with Gasteiger partial charge in [-0.15, -0.1) is 12.4 Å². The van der Waals surface area contributed by atoms with Crippen molar-refractivity contribution in [1.29, 1.82) is 0 Å². The number of allylic oxidation sites excluding steroid dienone is 2. The summed E-state index contributed by atoms with van der Waals surface area (Å²) >= 11 is 0. The molecule has 0 saturated heterocycles. The van der Waals surface area contributed by atoms with Gasteiger partial charge in [0.25, 0.3) is 0 Å². The number of hydrogen-bond donors (Lipinski definition) is 1. The first-order chi connectivity index (χ1) is 7.75. The van der Waals surface area contributed by atoms with Gasteiger partial charge in [0.05, 0.1) is 5.56 Å². The van der Waals surface area contributed by atoms with Crippen LogP contribution in [-0.4, -0.2) is 22.5 Å². The Bertz CT molecular complexity index is 437. The van der Waals surface area contributed by atoms with E-state index in [0.29, 0.717) is 5.56 Å². The number of halogens is 1. The van der Waals surface area contributed by atoms with E-state index in [1.165, 1.54) is 0 Å². The molecule has 1 aromatic rings. The third-order valence-corrected chi connectivity index (χ3v) is 2.47.